The van der Waals surface area contributed by atoms with Crippen molar-refractivity contribution in [2.24, 2.45) is 0 Å². The molecule has 0 aliphatic heterocycles. The summed E-state index contributed by atoms with van der Waals surface area (Å²) in [7, 11) is -1.37. The fourth-order valence-electron chi connectivity index (χ4n) is 2.47. The standard InChI is InChI=1S/C19H21N3O3S/c1-3-11-22-26(20,23)16-7-4-14(5-8-16)25-19-10-12-21-18-13-15(24-2)6-9-17(18)19/h4-10,12-13H,3,11H2,1-2H3,(H2,20,22,23). The van der Waals surface area contributed by atoms with Gasteiger partial charge in [-0.3, -0.25) is 4.98 Å². The Kier molecular flexibility index (Phi) is 5.39. The average molecular weight is 371 g/mol. The van der Waals surface area contributed by atoms with E-state index in [0.29, 0.717) is 22.9 Å². The third-order valence-electron chi connectivity index (χ3n) is 3.85. The van der Waals surface area contributed by atoms with E-state index in [2.05, 4.69) is 9.71 Å². The van der Waals surface area contributed by atoms with E-state index in [0.717, 1.165) is 23.1 Å². The van der Waals surface area contributed by atoms with Crippen LogP contribution in [-0.4, -0.2) is 22.8 Å². The van der Waals surface area contributed by atoms with Crippen molar-refractivity contribution in [1.82, 2.24) is 9.71 Å². The minimum Gasteiger partial charge on any atom is -0.497 e. The molecule has 1 atom stereocenters. The molecule has 6 nitrogen and oxygen atoms in total. The predicted molar refractivity (Wildman–Crippen MR) is 102 cm³/mol. The lowest BCUT2D eigenvalue weighted by Gasteiger charge is -2.11. The number of ether oxygens (including phenoxy) is 2. The van der Waals surface area contributed by atoms with Gasteiger partial charge in [0.05, 0.1) is 17.5 Å². The highest BCUT2D eigenvalue weighted by Crippen LogP contribution is 2.31. The highest BCUT2D eigenvalue weighted by atomic mass is 32.2. The van der Waals surface area contributed by atoms with E-state index in [9.17, 15) is 4.21 Å². The van der Waals surface area contributed by atoms with Gasteiger partial charge >= 0.3 is 0 Å². The second kappa shape index (κ2) is 7.72. The molecular weight excluding hydrogens is 350 g/mol. The Balaban J connectivity index is 1.85. The number of nitrogens with zero attached hydrogens (tertiary/aromatic N) is 1. The van der Waals surface area contributed by atoms with Gasteiger partial charge in [0, 0.05) is 24.2 Å². The van der Waals surface area contributed by atoms with Gasteiger partial charge in [-0.2, -0.15) is 0 Å². The first kappa shape index (κ1) is 18.2. The molecule has 0 aliphatic carbocycles. The van der Waals surface area contributed by atoms with Crippen LogP contribution in [0.1, 0.15) is 13.3 Å². The first-order valence-electron chi connectivity index (χ1n) is 8.27. The molecule has 2 aromatic carbocycles. The fraction of sp³-hybridized carbons (Fsp3) is 0.211. The first-order chi connectivity index (χ1) is 12.5. The van der Waals surface area contributed by atoms with Crippen molar-refractivity contribution in [3.63, 3.8) is 0 Å². The summed E-state index contributed by atoms with van der Waals surface area (Å²) in [6.45, 7) is 2.50. The Labute approximate surface area is 153 Å². The van der Waals surface area contributed by atoms with E-state index in [4.69, 9.17) is 14.3 Å². The third-order valence-corrected chi connectivity index (χ3v) is 5.40. The quantitative estimate of drug-likeness (QED) is 0.646. The molecule has 1 aromatic heterocycles. The minimum absolute atomic E-state index is 0.433. The zero-order valence-electron chi connectivity index (χ0n) is 14.7. The van der Waals surface area contributed by atoms with E-state index in [1.165, 1.54) is 0 Å². The van der Waals surface area contributed by atoms with E-state index in [1.54, 1.807) is 43.6 Å². The van der Waals surface area contributed by atoms with Crippen LogP contribution in [-0.2, 0) is 9.92 Å². The van der Waals surface area contributed by atoms with Gasteiger partial charge in [-0.15, -0.1) is 0 Å². The van der Waals surface area contributed by atoms with Gasteiger partial charge in [0.15, 0.2) is 0 Å². The molecule has 0 aliphatic rings. The van der Waals surface area contributed by atoms with Gasteiger partial charge in [-0.25, -0.2) is 13.7 Å². The molecule has 26 heavy (non-hydrogen) atoms. The first-order valence-corrected chi connectivity index (χ1v) is 9.83. The van der Waals surface area contributed by atoms with Crippen LogP contribution in [0.2, 0.25) is 0 Å². The summed E-state index contributed by atoms with van der Waals surface area (Å²) in [6.07, 6.45) is 2.49. The number of rotatable bonds is 7. The lowest BCUT2D eigenvalue weighted by atomic mass is 10.2. The number of nitrogens with one attached hydrogen (secondary N) is 2. The molecule has 0 saturated carbocycles. The maximum Gasteiger partial charge on any atom is 0.138 e. The second-order valence-corrected chi connectivity index (χ2v) is 7.59. The van der Waals surface area contributed by atoms with Gasteiger partial charge in [0.2, 0.25) is 0 Å². The van der Waals surface area contributed by atoms with E-state index in [-0.39, 0.29) is 0 Å². The zero-order chi connectivity index (χ0) is 18.6. The molecule has 7 heteroatoms. The Morgan fingerprint density at radius 2 is 1.85 bits per heavy atom. The number of aromatic nitrogens is 1. The van der Waals surface area contributed by atoms with Crippen molar-refractivity contribution < 1.29 is 13.7 Å². The minimum atomic E-state index is -2.98. The molecule has 0 spiro atoms. The van der Waals surface area contributed by atoms with Gasteiger partial charge < -0.3 is 9.47 Å². The number of pyridine rings is 1. The molecular formula is C19H21N3O3S. The van der Waals surface area contributed by atoms with Crippen LogP contribution in [0.5, 0.6) is 17.2 Å². The maximum absolute atomic E-state index is 12.3. The molecule has 2 N–H and O–H groups in total. The van der Waals surface area contributed by atoms with Crippen LogP contribution in [0.15, 0.2) is 59.6 Å². The van der Waals surface area contributed by atoms with E-state index in [1.807, 2.05) is 25.1 Å². The molecule has 3 rings (SSSR count). The fourth-order valence-corrected chi connectivity index (χ4v) is 3.65. The Morgan fingerprint density at radius 3 is 2.54 bits per heavy atom. The zero-order valence-corrected chi connectivity index (χ0v) is 15.5. The number of methoxy groups -OCH3 is 1. The largest absolute Gasteiger partial charge is 0.497 e. The summed E-state index contributed by atoms with van der Waals surface area (Å²) >= 11 is 0. The monoisotopic (exact) mass is 371 g/mol. The lowest BCUT2D eigenvalue weighted by molar-refractivity contribution is 0.415. The second-order valence-electron chi connectivity index (χ2n) is 5.72. The summed E-state index contributed by atoms with van der Waals surface area (Å²) in [5, 5.41) is 0.867. The highest BCUT2D eigenvalue weighted by molar-refractivity contribution is 7.90. The van der Waals surface area contributed by atoms with Crippen LogP contribution in [0.3, 0.4) is 0 Å². The normalized spacial score (nSPS) is 13.3. The predicted octanol–water partition coefficient (Wildman–Crippen LogP) is 4.36. The summed E-state index contributed by atoms with van der Waals surface area (Å²) in [5.41, 5.74) is 0.774. The van der Waals surface area contributed by atoms with Gasteiger partial charge in [-0.1, -0.05) is 6.92 Å². The van der Waals surface area contributed by atoms with Gasteiger partial charge in [-0.05, 0) is 48.9 Å². The smallest absolute Gasteiger partial charge is 0.138 e. The number of hydrogen-bond donors (Lipinski definition) is 2. The van der Waals surface area contributed by atoms with Crippen molar-refractivity contribution in [3.05, 3.63) is 54.7 Å². The van der Waals surface area contributed by atoms with Gasteiger partial charge in [0.25, 0.3) is 0 Å². The molecule has 1 unspecified atom stereocenters. The molecule has 3 aromatic rings. The molecule has 0 saturated heterocycles. The molecule has 136 valence electrons. The van der Waals surface area contributed by atoms with E-state index < -0.39 is 9.92 Å². The van der Waals surface area contributed by atoms with Crippen LogP contribution in [0.25, 0.3) is 10.9 Å². The number of fused-ring (bicyclic) bond motifs is 1. The number of hydrogen-bond acceptors (Lipinski definition) is 5. The lowest BCUT2D eigenvalue weighted by Crippen LogP contribution is -2.22. The van der Waals surface area contributed by atoms with Crippen LogP contribution in [0.4, 0.5) is 0 Å². The third kappa shape index (κ3) is 3.95. The van der Waals surface area contributed by atoms with Crippen LogP contribution < -0.4 is 14.2 Å². The summed E-state index contributed by atoms with van der Waals surface area (Å²) in [6, 6.07) is 14.1. The van der Waals surface area contributed by atoms with Crippen LogP contribution in [0, 0.1) is 4.78 Å². The Hall–Kier alpha value is -2.64. The molecule has 0 bridgehead atoms. The molecule has 0 fully saturated rings. The summed E-state index contributed by atoms with van der Waals surface area (Å²) in [4.78, 5) is 4.77. The molecule has 0 radical (unpaired) electrons. The van der Waals surface area contributed by atoms with Crippen molar-refractivity contribution in [2.45, 2.75) is 18.2 Å². The average Bonchev–Trinajstić information content (AvgIpc) is 2.66. The van der Waals surface area contributed by atoms with Crippen molar-refractivity contribution in [1.29, 1.82) is 4.78 Å². The van der Waals surface area contributed by atoms with Crippen molar-refractivity contribution in [3.8, 4) is 17.2 Å². The molecule has 0 amide bonds. The Bertz CT molecular complexity index is 1000. The summed E-state index contributed by atoms with van der Waals surface area (Å²) < 4.78 is 34.3. The summed E-state index contributed by atoms with van der Waals surface area (Å²) in [5.74, 6) is 2.00. The molecule has 1 heterocycles. The van der Waals surface area contributed by atoms with Crippen LogP contribution >= 0.6 is 0 Å². The topological polar surface area (TPSA) is 84.3 Å². The maximum atomic E-state index is 12.3. The van der Waals surface area contributed by atoms with Gasteiger partial charge in [0.1, 0.15) is 27.2 Å². The SMILES string of the molecule is CCCNS(=N)(=O)c1ccc(Oc2ccnc3cc(OC)ccc23)cc1. The highest BCUT2D eigenvalue weighted by Gasteiger charge is 2.10. The van der Waals surface area contributed by atoms with Crippen molar-refractivity contribution >= 4 is 20.8 Å². The van der Waals surface area contributed by atoms with Crippen molar-refractivity contribution in [2.75, 3.05) is 13.7 Å². The van der Waals surface area contributed by atoms with E-state index >= 15 is 0 Å². The number of benzene rings is 2. The Morgan fingerprint density at radius 1 is 1.12 bits per heavy atom.